The van der Waals surface area contributed by atoms with Crippen molar-refractivity contribution in [1.82, 2.24) is 15.0 Å². The monoisotopic (exact) mass is 653 g/mol. The van der Waals surface area contributed by atoms with Gasteiger partial charge in [-0.05, 0) is 94.1 Å². The SMILES string of the molecule is Cc1ccc(-c2nc(-c3ccc(C)cc3)nc(-c3cc(-c4ccc(-c5ccccc5)cc4)cc(-c4cccc5c4Cc4ccccc4-5)c3)n2)cc1. The first kappa shape index (κ1) is 30.6. The van der Waals surface area contributed by atoms with Crippen molar-refractivity contribution in [2.45, 2.75) is 20.3 Å². The Morgan fingerprint density at radius 2 is 0.784 bits per heavy atom. The summed E-state index contributed by atoms with van der Waals surface area (Å²) in [6.07, 6.45) is 0.911. The number of nitrogens with zero attached hydrogens (tertiary/aromatic N) is 3. The van der Waals surface area contributed by atoms with Crippen LogP contribution >= 0.6 is 0 Å². The molecule has 0 atom stereocenters. The van der Waals surface area contributed by atoms with Crippen LogP contribution in [0.1, 0.15) is 22.3 Å². The van der Waals surface area contributed by atoms with Crippen LogP contribution < -0.4 is 0 Å². The molecular formula is C48H35N3. The highest BCUT2D eigenvalue weighted by Gasteiger charge is 2.22. The van der Waals surface area contributed by atoms with E-state index in [1.165, 1.54) is 50.1 Å². The third-order valence-corrected chi connectivity index (χ3v) is 9.93. The molecule has 7 aromatic carbocycles. The predicted octanol–water partition coefficient (Wildman–Crippen LogP) is 12.1. The molecule has 1 aromatic heterocycles. The lowest BCUT2D eigenvalue weighted by Gasteiger charge is -2.15. The molecule has 9 rings (SSSR count). The van der Waals surface area contributed by atoms with Crippen molar-refractivity contribution in [2.24, 2.45) is 0 Å². The number of aryl methyl sites for hydroxylation is 2. The predicted molar refractivity (Wildman–Crippen MR) is 210 cm³/mol. The van der Waals surface area contributed by atoms with E-state index in [0.717, 1.165) is 39.8 Å². The second kappa shape index (κ2) is 12.8. The lowest BCUT2D eigenvalue weighted by molar-refractivity contribution is 1.07. The third kappa shape index (κ3) is 5.94. The van der Waals surface area contributed by atoms with Gasteiger partial charge in [0.25, 0.3) is 0 Å². The molecule has 3 nitrogen and oxygen atoms in total. The summed E-state index contributed by atoms with van der Waals surface area (Å²) in [6.45, 7) is 4.19. The summed E-state index contributed by atoms with van der Waals surface area (Å²) in [5.74, 6) is 1.97. The van der Waals surface area contributed by atoms with Gasteiger partial charge in [-0.15, -0.1) is 0 Å². The minimum Gasteiger partial charge on any atom is -0.208 e. The van der Waals surface area contributed by atoms with E-state index < -0.39 is 0 Å². The van der Waals surface area contributed by atoms with Crippen molar-refractivity contribution in [3.8, 4) is 78.7 Å². The fourth-order valence-corrected chi connectivity index (χ4v) is 7.16. The summed E-state index contributed by atoms with van der Waals surface area (Å²) in [6, 6.07) is 58.5. The molecule has 1 aliphatic rings. The van der Waals surface area contributed by atoms with Crippen molar-refractivity contribution in [3.05, 3.63) is 186 Å². The minimum absolute atomic E-state index is 0.649. The zero-order valence-electron chi connectivity index (χ0n) is 28.6. The zero-order valence-corrected chi connectivity index (χ0v) is 28.6. The molecule has 242 valence electrons. The number of rotatable bonds is 6. The van der Waals surface area contributed by atoms with Crippen molar-refractivity contribution >= 4 is 0 Å². The lowest BCUT2D eigenvalue weighted by Crippen LogP contribution is -2.01. The molecule has 0 spiro atoms. The van der Waals surface area contributed by atoms with Gasteiger partial charge in [0.05, 0.1) is 0 Å². The highest BCUT2D eigenvalue weighted by Crippen LogP contribution is 2.43. The van der Waals surface area contributed by atoms with Crippen LogP contribution in [0.4, 0.5) is 0 Å². The van der Waals surface area contributed by atoms with Crippen molar-refractivity contribution < 1.29 is 0 Å². The van der Waals surface area contributed by atoms with Crippen LogP contribution in [0.2, 0.25) is 0 Å². The molecule has 0 bridgehead atoms. The normalized spacial score (nSPS) is 11.6. The van der Waals surface area contributed by atoms with E-state index in [0.29, 0.717) is 17.5 Å². The van der Waals surface area contributed by atoms with Gasteiger partial charge in [-0.2, -0.15) is 0 Å². The van der Waals surface area contributed by atoms with Gasteiger partial charge in [-0.25, -0.2) is 15.0 Å². The van der Waals surface area contributed by atoms with Crippen molar-refractivity contribution in [1.29, 1.82) is 0 Å². The molecule has 0 saturated heterocycles. The minimum atomic E-state index is 0.649. The molecule has 3 heteroatoms. The maximum Gasteiger partial charge on any atom is 0.164 e. The van der Waals surface area contributed by atoms with Gasteiger partial charge in [-0.3, -0.25) is 0 Å². The highest BCUT2D eigenvalue weighted by molar-refractivity contribution is 5.88. The van der Waals surface area contributed by atoms with Crippen molar-refractivity contribution in [2.75, 3.05) is 0 Å². The van der Waals surface area contributed by atoms with Crippen molar-refractivity contribution in [3.63, 3.8) is 0 Å². The van der Waals surface area contributed by atoms with Gasteiger partial charge < -0.3 is 0 Å². The third-order valence-electron chi connectivity index (χ3n) is 9.93. The van der Waals surface area contributed by atoms with Crippen LogP contribution in [0.3, 0.4) is 0 Å². The molecule has 8 aromatic rings. The summed E-state index contributed by atoms with van der Waals surface area (Å²) >= 11 is 0. The topological polar surface area (TPSA) is 38.7 Å². The average Bonchev–Trinajstić information content (AvgIpc) is 3.58. The Bertz CT molecular complexity index is 2470. The Balaban J connectivity index is 1.24. The van der Waals surface area contributed by atoms with Crippen LogP contribution in [0.25, 0.3) is 78.7 Å². The maximum absolute atomic E-state index is 5.15. The summed E-state index contributed by atoms with van der Waals surface area (Å²) in [7, 11) is 0. The highest BCUT2D eigenvalue weighted by atomic mass is 15.0. The summed E-state index contributed by atoms with van der Waals surface area (Å²) in [4.78, 5) is 15.3. The molecule has 1 heterocycles. The number of hydrogen-bond acceptors (Lipinski definition) is 3. The molecule has 1 aliphatic carbocycles. The molecule has 0 unspecified atom stereocenters. The first-order valence-electron chi connectivity index (χ1n) is 17.5. The number of fused-ring (bicyclic) bond motifs is 3. The molecule has 0 saturated carbocycles. The Kier molecular flexibility index (Phi) is 7.67. The van der Waals surface area contributed by atoms with Crippen LogP contribution in [0.15, 0.2) is 164 Å². The lowest BCUT2D eigenvalue weighted by atomic mass is 9.91. The Morgan fingerprint density at radius 3 is 1.43 bits per heavy atom. The van der Waals surface area contributed by atoms with E-state index >= 15 is 0 Å². The molecule has 0 aliphatic heterocycles. The Hall–Kier alpha value is -6.45. The van der Waals surface area contributed by atoms with Gasteiger partial charge in [0.2, 0.25) is 0 Å². The van der Waals surface area contributed by atoms with E-state index in [9.17, 15) is 0 Å². The molecule has 0 N–H and O–H groups in total. The largest absolute Gasteiger partial charge is 0.208 e. The molecule has 0 fully saturated rings. The van der Waals surface area contributed by atoms with Gasteiger partial charge >= 0.3 is 0 Å². The fourth-order valence-electron chi connectivity index (χ4n) is 7.16. The van der Waals surface area contributed by atoms with Gasteiger partial charge in [0.1, 0.15) is 0 Å². The zero-order chi connectivity index (χ0) is 34.3. The molecule has 51 heavy (non-hydrogen) atoms. The Labute approximate surface area is 299 Å². The number of aromatic nitrogens is 3. The average molecular weight is 654 g/mol. The molecule has 0 amide bonds. The van der Waals surface area contributed by atoms with E-state index in [1.807, 2.05) is 0 Å². The van der Waals surface area contributed by atoms with Crippen LogP contribution in [0.5, 0.6) is 0 Å². The van der Waals surface area contributed by atoms with E-state index in [4.69, 9.17) is 15.0 Å². The molecule has 0 radical (unpaired) electrons. The Morgan fingerprint density at radius 1 is 0.333 bits per heavy atom. The van der Waals surface area contributed by atoms with Gasteiger partial charge in [0, 0.05) is 16.7 Å². The number of hydrogen-bond donors (Lipinski definition) is 0. The molecular weight excluding hydrogens is 619 g/mol. The summed E-state index contributed by atoms with van der Waals surface area (Å²) in [5, 5.41) is 0. The van der Waals surface area contributed by atoms with Crippen LogP contribution in [-0.4, -0.2) is 15.0 Å². The van der Waals surface area contributed by atoms with E-state index in [1.54, 1.807) is 0 Å². The first-order valence-corrected chi connectivity index (χ1v) is 17.5. The smallest absolute Gasteiger partial charge is 0.164 e. The quantitative estimate of drug-likeness (QED) is 0.179. The fraction of sp³-hybridized carbons (Fsp3) is 0.0625. The summed E-state index contributed by atoms with van der Waals surface area (Å²) in [5.41, 5.74) is 17.7. The standard InChI is InChI=1S/C48H35N3/c1-31-15-19-36(20-16-31)46-49-47(37-21-17-32(2)18-22-37)51-48(50-46)41-28-39(35-25-23-34(24-26-35)33-9-4-3-5-10-33)27-40(29-41)43-13-8-14-44-42-12-7-6-11-38(42)30-45(43)44/h3-29H,30H2,1-2H3. The van der Waals surface area contributed by atoms with Crippen LogP contribution in [0, 0.1) is 13.8 Å². The number of benzene rings is 7. The first-order chi connectivity index (χ1) is 25.1. The van der Waals surface area contributed by atoms with Crippen LogP contribution in [-0.2, 0) is 6.42 Å². The summed E-state index contributed by atoms with van der Waals surface area (Å²) < 4.78 is 0. The second-order valence-corrected chi connectivity index (χ2v) is 13.4. The van der Waals surface area contributed by atoms with Gasteiger partial charge in [-0.1, -0.05) is 157 Å². The van der Waals surface area contributed by atoms with E-state index in [2.05, 4.69) is 178 Å². The maximum atomic E-state index is 5.15. The van der Waals surface area contributed by atoms with E-state index in [-0.39, 0.29) is 0 Å². The van der Waals surface area contributed by atoms with Gasteiger partial charge in [0.15, 0.2) is 17.5 Å². The second-order valence-electron chi connectivity index (χ2n) is 13.4.